The lowest BCUT2D eigenvalue weighted by Gasteiger charge is -2.16. The first-order chi connectivity index (χ1) is 8.16. The number of hydrogen-bond acceptors (Lipinski definition) is 3. The van der Waals surface area contributed by atoms with Crippen molar-refractivity contribution >= 4 is 0 Å². The Morgan fingerprint density at radius 2 is 2.24 bits per heavy atom. The van der Waals surface area contributed by atoms with Crippen molar-refractivity contribution in [2.75, 3.05) is 6.61 Å². The predicted octanol–water partition coefficient (Wildman–Crippen LogP) is 2.95. The largest absolute Gasteiger partial charge is 0.348 e. The minimum Gasteiger partial charge on any atom is -0.348 e. The highest BCUT2D eigenvalue weighted by atomic mass is 16.7. The van der Waals surface area contributed by atoms with Crippen molar-refractivity contribution < 1.29 is 9.47 Å². The second-order valence-electron chi connectivity index (χ2n) is 5.02. The molecule has 1 aliphatic rings. The van der Waals surface area contributed by atoms with Gasteiger partial charge in [-0.15, -0.1) is 0 Å². The van der Waals surface area contributed by atoms with Crippen molar-refractivity contribution in [2.45, 2.75) is 51.4 Å². The monoisotopic (exact) mass is 235 g/mol. The summed E-state index contributed by atoms with van der Waals surface area (Å²) in [6.45, 7) is 4.68. The number of ether oxygens (including phenoxy) is 2. The van der Waals surface area contributed by atoms with E-state index < -0.39 is 0 Å². The van der Waals surface area contributed by atoms with Crippen LogP contribution in [0.4, 0.5) is 0 Å². The number of aromatic nitrogens is 1. The third kappa shape index (κ3) is 4.10. The van der Waals surface area contributed by atoms with Crippen molar-refractivity contribution in [1.82, 2.24) is 4.98 Å². The molecule has 94 valence electrons. The first-order valence-corrected chi connectivity index (χ1v) is 6.37. The van der Waals surface area contributed by atoms with E-state index in [4.69, 9.17) is 9.47 Å². The summed E-state index contributed by atoms with van der Waals surface area (Å²) in [5.41, 5.74) is 1.18. The molecule has 1 aliphatic heterocycles. The van der Waals surface area contributed by atoms with E-state index in [-0.39, 0.29) is 11.9 Å². The van der Waals surface area contributed by atoms with Gasteiger partial charge in [0.25, 0.3) is 0 Å². The second kappa shape index (κ2) is 5.61. The topological polar surface area (TPSA) is 31.4 Å². The van der Waals surface area contributed by atoms with Gasteiger partial charge in [0.2, 0.25) is 0 Å². The highest BCUT2D eigenvalue weighted by Gasteiger charge is 2.31. The summed E-state index contributed by atoms with van der Waals surface area (Å²) in [6.07, 6.45) is 6.59. The zero-order valence-electron chi connectivity index (χ0n) is 10.7. The highest BCUT2D eigenvalue weighted by Crippen LogP contribution is 2.25. The van der Waals surface area contributed by atoms with Crippen LogP contribution in [0.15, 0.2) is 24.4 Å². The summed E-state index contributed by atoms with van der Waals surface area (Å²) < 4.78 is 11.3. The Hall–Kier alpha value is -0.930. The first-order valence-electron chi connectivity index (χ1n) is 6.37. The number of hydrogen-bond donors (Lipinski definition) is 0. The molecular formula is C14H21NO2. The number of aryl methyl sites for hydroxylation is 1. The molecule has 0 bridgehead atoms. The van der Waals surface area contributed by atoms with Crippen LogP contribution in [0.1, 0.15) is 38.8 Å². The molecule has 1 aromatic rings. The Bertz CT molecular complexity index is 337. The molecule has 1 fully saturated rings. The minimum atomic E-state index is -0.383. The lowest BCUT2D eigenvalue weighted by Crippen LogP contribution is -2.21. The molecule has 3 heteroatoms. The maximum Gasteiger partial charge on any atom is 0.163 e. The minimum absolute atomic E-state index is 0.272. The average Bonchev–Trinajstić information content (AvgIpc) is 2.66. The summed E-state index contributed by atoms with van der Waals surface area (Å²) >= 11 is 0. The van der Waals surface area contributed by atoms with E-state index in [0.29, 0.717) is 0 Å². The molecule has 1 aromatic heterocycles. The molecule has 3 nitrogen and oxygen atoms in total. The normalized spacial score (nSPS) is 22.8. The summed E-state index contributed by atoms with van der Waals surface area (Å²) in [5, 5.41) is 0. The van der Waals surface area contributed by atoms with Crippen molar-refractivity contribution in [3.05, 3.63) is 30.1 Å². The zero-order valence-corrected chi connectivity index (χ0v) is 10.7. The molecule has 0 radical (unpaired) electrons. The van der Waals surface area contributed by atoms with Crippen LogP contribution in [0.3, 0.4) is 0 Å². The van der Waals surface area contributed by atoms with Gasteiger partial charge in [-0.2, -0.15) is 0 Å². The van der Waals surface area contributed by atoms with E-state index in [2.05, 4.69) is 11.1 Å². The standard InChI is InChI=1S/C14H21NO2/c1-14(2)16-11-13(17-14)9-4-3-7-12-8-5-6-10-15-12/h5-6,8,10,13H,3-4,7,9,11H2,1-2H3/t13-/m1/s1. The summed E-state index contributed by atoms with van der Waals surface area (Å²) in [6, 6.07) is 6.08. The molecule has 2 heterocycles. The van der Waals surface area contributed by atoms with Crippen LogP contribution in [-0.4, -0.2) is 23.5 Å². The quantitative estimate of drug-likeness (QED) is 0.735. The van der Waals surface area contributed by atoms with Crippen molar-refractivity contribution in [3.8, 4) is 0 Å². The number of pyridine rings is 1. The Balaban J connectivity index is 1.61. The first kappa shape index (κ1) is 12.5. The van der Waals surface area contributed by atoms with E-state index in [1.165, 1.54) is 12.1 Å². The summed E-state index contributed by atoms with van der Waals surface area (Å²) in [7, 11) is 0. The molecular weight excluding hydrogens is 214 g/mol. The fourth-order valence-electron chi connectivity index (χ4n) is 2.13. The molecule has 0 aliphatic carbocycles. The number of nitrogens with zero attached hydrogens (tertiary/aromatic N) is 1. The molecule has 0 aromatic carbocycles. The Kier molecular flexibility index (Phi) is 4.13. The van der Waals surface area contributed by atoms with E-state index in [0.717, 1.165) is 25.9 Å². The van der Waals surface area contributed by atoms with Crippen molar-refractivity contribution in [3.63, 3.8) is 0 Å². The van der Waals surface area contributed by atoms with Crippen molar-refractivity contribution in [1.29, 1.82) is 0 Å². The fourth-order valence-corrected chi connectivity index (χ4v) is 2.13. The van der Waals surface area contributed by atoms with E-state index in [9.17, 15) is 0 Å². The van der Waals surface area contributed by atoms with Crippen LogP contribution < -0.4 is 0 Å². The maximum atomic E-state index is 5.76. The zero-order chi connectivity index (χ0) is 12.1. The maximum absolute atomic E-state index is 5.76. The van der Waals surface area contributed by atoms with Crippen LogP contribution in [-0.2, 0) is 15.9 Å². The Labute approximate surface area is 103 Å². The van der Waals surface area contributed by atoms with Gasteiger partial charge >= 0.3 is 0 Å². The van der Waals surface area contributed by atoms with Crippen LogP contribution in [0.5, 0.6) is 0 Å². The number of unbranched alkanes of at least 4 members (excludes halogenated alkanes) is 1. The fraction of sp³-hybridized carbons (Fsp3) is 0.643. The van der Waals surface area contributed by atoms with Crippen LogP contribution in [0, 0.1) is 0 Å². The van der Waals surface area contributed by atoms with E-state index in [1.54, 1.807) is 0 Å². The second-order valence-corrected chi connectivity index (χ2v) is 5.02. The lowest BCUT2D eigenvalue weighted by atomic mass is 10.1. The van der Waals surface area contributed by atoms with Gasteiger partial charge < -0.3 is 9.47 Å². The number of rotatable bonds is 5. The summed E-state index contributed by atoms with van der Waals surface area (Å²) in [5.74, 6) is -0.383. The summed E-state index contributed by atoms with van der Waals surface area (Å²) in [4.78, 5) is 4.32. The van der Waals surface area contributed by atoms with Gasteiger partial charge in [-0.1, -0.05) is 12.5 Å². The van der Waals surface area contributed by atoms with Crippen LogP contribution in [0.2, 0.25) is 0 Å². The SMILES string of the molecule is CC1(C)OC[C@@H](CCCCc2ccccn2)O1. The molecule has 1 saturated heterocycles. The lowest BCUT2D eigenvalue weighted by molar-refractivity contribution is -0.139. The molecule has 1 atom stereocenters. The highest BCUT2D eigenvalue weighted by molar-refractivity contribution is 5.03. The Morgan fingerprint density at radius 3 is 2.88 bits per heavy atom. The van der Waals surface area contributed by atoms with E-state index >= 15 is 0 Å². The predicted molar refractivity (Wildman–Crippen MR) is 66.7 cm³/mol. The van der Waals surface area contributed by atoms with Gasteiger partial charge in [0.15, 0.2) is 5.79 Å². The van der Waals surface area contributed by atoms with Crippen molar-refractivity contribution in [2.24, 2.45) is 0 Å². The van der Waals surface area contributed by atoms with Gasteiger partial charge in [0.1, 0.15) is 0 Å². The smallest absolute Gasteiger partial charge is 0.163 e. The molecule has 17 heavy (non-hydrogen) atoms. The van der Waals surface area contributed by atoms with Gasteiger partial charge in [-0.25, -0.2) is 0 Å². The van der Waals surface area contributed by atoms with Crippen LogP contribution in [0.25, 0.3) is 0 Å². The Morgan fingerprint density at radius 1 is 1.35 bits per heavy atom. The van der Waals surface area contributed by atoms with Gasteiger partial charge in [-0.3, -0.25) is 4.98 Å². The average molecular weight is 235 g/mol. The molecule has 0 saturated carbocycles. The van der Waals surface area contributed by atoms with Gasteiger partial charge in [0, 0.05) is 11.9 Å². The third-order valence-corrected chi connectivity index (χ3v) is 3.00. The van der Waals surface area contributed by atoms with Gasteiger partial charge in [0.05, 0.1) is 12.7 Å². The van der Waals surface area contributed by atoms with Crippen LogP contribution >= 0.6 is 0 Å². The van der Waals surface area contributed by atoms with Gasteiger partial charge in [-0.05, 0) is 45.2 Å². The molecule has 0 amide bonds. The molecule has 0 N–H and O–H groups in total. The van der Waals surface area contributed by atoms with E-state index in [1.807, 2.05) is 32.2 Å². The third-order valence-electron chi connectivity index (χ3n) is 3.00. The molecule has 0 spiro atoms. The molecule has 2 rings (SSSR count). The molecule has 0 unspecified atom stereocenters.